The molecule has 2 unspecified atom stereocenters. The lowest BCUT2D eigenvalue weighted by Crippen LogP contribution is -2.48. The molecule has 1 aromatic rings. The van der Waals surface area contributed by atoms with Crippen LogP contribution in [0, 0.1) is 5.92 Å². The maximum Gasteiger partial charge on any atom is 0.241 e. The molecule has 0 spiro atoms. The highest BCUT2D eigenvalue weighted by Crippen LogP contribution is 2.22. The average Bonchev–Trinajstić information content (AvgIpc) is 2.32. The predicted molar refractivity (Wildman–Crippen MR) is 74.9 cm³/mol. The van der Waals surface area contributed by atoms with Gasteiger partial charge in [-0.3, -0.25) is 0 Å². The summed E-state index contributed by atoms with van der Waals surface area (Å²) in [6, 6.07) is 6.88. The maximum atomic E-state index is 12.3. The van der Waals surface area contributed by atoms with Gasteiger partial charge in [-0.25, -0.2) is 13.1 Å². The summed E-state index contributed by atoms with van der Waals surface area (Å²) in [7, 11) is -3.45. The highest BCUT2D eigenvalue weighted by atomic mass is 79.9. The van der Waals surface area contributed by atoms with Crippen LogP contribution >= 0.6 is 15.9 Å². The van der Waals surface area contributed by atoms with Gasteiger partial charge in [0.1, 0.15) is 0 Å². The third-order valence-corrected chi connectivity index (χ3v) is 5.72. The minimum Gasteiger partial charge on any atom is -0.316 e. The molecule has 1 fully saturated rings. The molecule has 1 saturated heterocycles. The van der Waals surface area contributed by atoms with Crippen molar-refractivity contribution in [3.63, 3.8) is 0 Å². The summed E-state index contributed by atoms with van der Waals surface area (Å²) < 4.78 is 28.0. The summed E-state index contributed by atoms with van der Waals surface area (Å²) in [5.41, 5.74) is 0. The predicted octanol–water partition coefficient (Wildman–Crippen LogP) is 1.73. The molecule has 0 aliphatic carbocycles. The summed E-state index contributed by atoms with van der Waals surface area (Å²) in [6.45, 7) is 3.76. The lowest BCUT2D eigenvalue weighted by atomic mass is 9.97. The second-order valence-electron chi connectivity index (χ2n) is 4.63. The molecule has 0 saturated carbocycles. The van der Waals surface area contributed by atoms with Gasteiger partial charge in [-0.1, -0.05) is 19.1 Å². The fourth-order valence-corrected chi connectivity index (χ4v) is 4.50. The standard InChI is InChI=1S/C12H17BrN2O2S/c1-9-8-14-7-6-11(9)15-18(16,17)12-5-3-2-4-10(12)13/h2-5,9,11,14-15H,6-8H2,1H3. The van der Waals surface area contributed by atoms with Crippen LogP contribution in [0.3, 0.4) is 0 Å². The molecule has 6 heteroatoms. The Morgan fingerprint density at radius 3 is 2.78 bits per heavy atom. The van der Waals surface area contributed by atoms with Crippen molar-refractivity contribution in [3.05, 3.63) is 28.7 Å². The molecule has 0 radical (unpaired) electrons. The first-order valence-corrected chi connectivity index (χ1v) is 8.26. The minimum atomic E-state index is -3.45. The van der Waals surface area contributed by atoms with E-state index in [1.54, 1.807) is 24.3 Å². The zero-order chi connectivity index (χ0) is 13.2. The molecule has 0 aromatic heterocycles. The third kappa shape index (κ3) is 3.12. The van der Waals surface area contributed by atoms with E-state index in [4.69, 9.17) is 0 Å². The Hall–Kier alpha value is -0.430. The second kappa shape index (κ2) is 5.69. The number of halogens is 1. The molecule has 1 aliphatic heterocycles. The molecule has 0 bridgehead atoms. The van der Waals surface area contributed by atoms with Gasteiger partial charge in [-0.2, -0.15) is 0 Å². The first-order valence-electron chi connectivity index (χ1n) is 5.98. The van der Waals surface area contributed by atoms with Crippen LogP contribution in [0.15, 0.2) is 33.6 Å². The number of benzene rings is 1. The van der Waals surface area contributed by atoms with Gasteiger partial charge in [0.15, 0.2) is 0 Å². The van der Waals surface area contributed by atoms with Crippen LogP contribution in [0.2, 0.25) is 0 Å². The Labute approximate surface area is 116 Å². The number of sulfonamides is 1. The number of hydrogen-bond acceptors (Lipinski definition) is 3. The number of piperidine rings is 1. The molecule has 2 atom stereocenters. The van der Waals surface area contributed by atoms with Crippen LogP contribution in [0.5, 0.6) is 0 Å². The monoisotopic (exact) mass is 332 g/mol. The molecule has 18 heavy (non-hydrogen) atoms. The van der Waals surface area contributed by atoms with Crippen LogP contribution in [0.25, 0.3) is 0 Å². The Balaban J connectivity index is 2.19. The molecule has 1 aliphatic rings. The summed E-state index contributed by atoms with van der Waals surface area (Å²) in [6.07, 6.45) is 0.824. The van der Waals surface area contributed by atoms with E-state index >= 15 is 0 Å². The van der Waals surface area contributed by atoms with Crippen molar-refractivity contribution >= 4 is 26.0 Å². The van der Waals surface area contributed by atoms with Crippen molar-refractivity contribution in [2.75, 3.05) is 13.1 Å². The van der Waals surface area contributed by atoms with Crippen molar-refractivity contribution in [3.8, 4) is 0 Å². The summed E-state index contributed by atoms with van der Waals surface area (Å²) >= 11 is 3.28. The fourth-order valence-electron chi connectivity index (χ4n) is 2.11. The van der Waals surface area contributed by atoms with E-state index in [0.29, 0.717) is 15.3 Å². The van der Waals surface area contributed by atoms with E-state index in [-0.39, 0.29) is 6.04 Å². The highest BCUT2D eigenvalue weighted by Gasteiger charge is 2.27. The van der Waals surface area contributed by atoms with Crippen LogP contribution < -0.4 is 10.0 Å². The normalized spacial score (nSPS) is 25.0. The molecule has 2 rings (SSSR count). The zero-order valence-electron chi connectivity index (χ0n) is 10.2. The lowest BCUT2D eigenvalue weighted by molar-refractivity contribution is 0.328. The molecule has 0 amide bonds. The number of hydrogen-bond donors (Lipinski definition) is 2. The minimum absolute atomic E-state index is 0.00311. The largest absolute Gasteiger partial charge is 0.316 e. The molecule has 1 heterocycles. The Morgan fingerprint density at radius 2 is 2.11 bits per heavy atom. The smallest absolute Gasteiger partial charge is 0.241 e. The average molecular weight is 333 g/mol. The summed E-state index contributed by atoms with van der Waals surface area (Å²) in [5, 5.41) is 3.26. The van der Waals surface area contributed by atoms with Crippen LogP contribution in [0.1, 0.15) is 13.3 Å². The Morgan fingerprint density at radius 1 is 1.39 bits per heavy atom. The van der Waals surface area contributed by atoms with Gasteiger partial charge in [-0.15, -0.1) is 0 Å². The van der Waals surface area contributed by atoms with Gasteiger partial charge in [-0.05, 0) is 53.5 Å². The van der Waals surface area contributed by atoms with Crippen molar-refractivity contribution in [1.29, 1.82) is 0 Å². The van der Waals surface area contributed by atoms with Gasteiger partial charge >= 0.3 is 0 Å². The summed E-state index contributed by atoms with van der Waals surface area (Å²) in [5.74, 6) is 0.302. The van der Waals surface area contributed by atoms with E-state index in [2.05, 4.69) is 32.9 Å². The quantitative estimate of drug-likeness (QED) is 0.886. The van der Waals surface area contributed by atoms with Crippen LogP contribution in [-0.4, -0.2) is 27.5 Å². The molecule has 1 aromatic carbocycles. The Bertz CT molecular complexity index is 519. The van der Waals surface area contributed by atoms with E-state index in [1.807, 2.05) is 0 Å². The van der Waals surface area contributed by atoms with E-state index in [0.717, 1.165) is 19.5 Å². The zero-order valence-corrected chi connectivity index (χ0v) is 12.6. The van der Waals surface area contributed by atoms with Crippen molar-refractivity contribution in [2.45, 2.75) is 24.3 Å². The molecular weight excluding hydrogens is 316 g/mol. The van der Waals surface area contributed by atoms with Crippen molar-refractivity contribution in [2.24, 2.45) is 5.92 Å². The summed E-state index contributed by atoms with van der Waals surface area (Å²) in [4.78, 5) is 0.302. The fraction of sp³-hybridized carbons (Fsp3) is 0.500. The lowest BCUT2D eigenvalue weighted by Gasteiger charge is -2.30. The van der Waals surface area contributed by atoms with Crippen molar-refractivity contribution < 1.29 is 8.42 Å². The highest BCUT2D eigenvalue weighted by molar-refractivity contribution is 9.10. The molecule has 100 valence electrons. The Kier molecular flexibility index (Phi) is 4.42. The van der Waals surface area contributed by atoms with Gasteiger partial charge in [0, 0.05) is 10.5 Å². The van der Waals surface area contributed by atoms with E-state index in [9.17, 15) is 8.42 Å². The van der Waals surface area contributed by atoms with Crippen LogP contribution in [0.4, 0.5) is 0 Å². The van der Waals surface area contributed by atoms with Crippen molar-refractivity contribution in [1.82, 2.24) is 10.0 Å². The molecular formula is C12H17BrN2O2S. The second-order valence-corrected chi connectivity index (χ2v) is 7.17. The SMILES string of the molecule is CC1CNCCC1NS(=O)(=O)c1ccccc1Br. The maximum absolute atomic E-state index is 12.3. The van der Waals surface area contributed by atoms with E-state index in [1.165, 1.54) is 0 Å². The van der Waals surface area contributed by atoms with Crippen LogP contribution in [-0.2, 0) is 10.0 Å². The molecule has 2 N–H and O–H groups in total. The van der Waals surface area contributed by atoms with E-state index < -0.39 is 10.0 Å². The third-order valence-electron chi connectivity index (χ3n) is 3.22. The number of nitrogens with one attached hydrogen (secondary N) is 2. The van der Waals surface area contributed by atoms with Gasteiger partial charge in [0.05, 0.1) is 4.90 Å². The molecule has 4 nitrogen and oxygen atoms in total. The van der Waals surface area contributed by atoms with Gasteiger partial charge in [0.2, 0.25) is 10.0 Å². The van der Waals surface area contributed by atoms with Gasteiger partial charge in [0.25, 0.3) is 0 Å². The first kappa shape index (κ1) is 14.0. The number of rotatable bonds is 3. The topological polar surface area (TPSA) is 58.2 Å². The van der Waals surface area contributed by atoms with Gasteiger partial charge < -0.3 is 5.32 Å². The first-order chi connectivity index (χ1) is 8.50.